The Balaban J connectivity index is 2.38. The quantitative estimate of drug-likeness (QED) is 0.626. The lowest BCUT2D eigenvalue weighted by molar-refractivity contribution is 0.375. The van der Waals surface area contributed by atoms with Crippen LogP contribution in [0, 0.1) is 5.41 Å². The number of hydrogen-bond acceptors (Lipinski definition) is 5. The fourth-order valence-electron chi connectivity index (χ4n) is 2.11. The fourth-order valence-corrected chi connectivity index (χ4v) is 3.85. The second kappa shape index (κ2) is 4.49. The fraction of sp³-hybridized carbons (Fsp3) is 0.545. The van der Waals surface area contributed by atoms with Crippen LogP contribution >= 0.6 is 0 Å². The predicted molar refractivity (Wildman–Crippen MR) is 69.2 cm³/mol. The molecule has 1 fully saturated rings. The van der Waals surface area contributed by atoms with Gasteiger partial charge in [-0.15, -0.1) is 0 Å². The molecule has 1 aliphatic rings. The lowest BCUT2D eigenvalue weighted by atomic mass is 9.93. The minimum absolute atomic E-state index is 0.0194. The molecular weight excluding hydrogens is 252 g/mol. The molecule has 1 saturated heterocycles. The minimum Gasteiger partial charge on any atom is -0.307 e. The third-order valence-electron chi connectivity index (χ3n) is 3.17. The number of nitrogen functional groups attached to an aromatic ring is 1. The molecule has 18 heavy (non-hydrogen) atoms. The molecule has 0 bridgehead atoms. The summed E-state index contributed by atoms with van der Waals surface area (Å²) in [6.07, 6.45) is 2.36. The van der Waals surface area contributed by atoms with Crippen molar-refractivity contribution in [3.05, 3.63) is 18.3 Å². The molecule has 0 radical (unpaired) electrons. The van der Waals surface area contributed by atoms with Crippen LogP contribution < -0.4 is 11.3 Å². The molecule has 0 amide bonds. The van der Waals surface area contributed by atoms with E-state index in [1.165, 1.54) is 16.6 Å². The molecule has 1 aromatic rings. The van der Waals surface area contributed by atoms with Gasteiger partial charge in [0.1, 0.15) is 4.90 Å². The van der Waals surface area contributed by atoms with Crippen LogP contribution in [0.4, 0.5) is 5.82 Å². The van der Waals surface area contributed by atoms with E-state index >= 15 is 0 Å². The van der Waals surface area contributed by atoms with Gasteiger partial charge in [0.2, 0.25) is 10.0 Å². The van der Waals surface area contributed by atoms with Crippen molar-refractivity contribution in [1.82, 2.24) is 9.29 Å². The average Bonchev–Trinajstić information content (AvgIpc) is 2.70. The number of hydrazine groups is 1. The van der Waals surface area contributed by atoms with Crippen LogP contribution in [-0.4, -0.2) is 30.8 Å². The van der Waals surface area contributed by atoms with Gasteiger partial charge >= 0.3 is 0 Å². The summed E-state index contributed by atoms with van der Waals surface area (Å²) in [5.74, 6) is 5.49. The first-order valence-electron chi connectivity index (χ1n) is 5.79. The predicted octanol–water partition coefficient (Wildman–Crippen LogP) is 0.788. The van der Waals surface area contributed by atoms with Gasteiger partial charge in [-0.2, -0.15) is 4.31 Å². The van der Waals surface area contributed by atoms with E-state index in [9.17, 15) is 8.42 Å². The van der Waals surface area contributed by atoms with Gasteiger partial charge in [0.25, 0.3) is 0 Å². The third kappa shape index (κ3) is 2.33. The van der Waals surface area contributed by atoms with Crippen molar-refractivity contribution in [2.45, 2.75) is 25.2 Å². The van der Waals surface area contributed by atoms with Crippen LogP contribution in [0.2, 0.25) is 0 Å². The molecule has 2 heterocycles. The summed E-state index contributed by atoms with van der Waals surface area (Å²) in [6.45, 7) is 5.18. The van der Waals surface area contributed by atoms with Crippen LogP contribution in [0.1, 0.15) is 20.3 Å². The molecule has 100 valence electrons. The zero-order valence-electron chi connectivity index (χ0n) is 10.5. The van der Waals surface area contributed by atoms with Crippen molar-refractivity contribution in [3.8, 4) is 0 Å². The van der Waals surface area contributed by atoms with Gasteiger partial charge in [0.05, 0.1) is 0 Å². The largest absolute Gasteiger partial charge is 0.307 e. The Kier molecular flexibility index (Phi) is 3.31. The second-order valence-corrected chi connectivity index (χ2v) is 7.15. The molecule has 0 atom stereocenters. The summed E-state index contributed by atoms with van der Waals surface area (Å²) in [6, 6.07) is 3.11. The molecule has 1 aromatic heterocycles. The first kappa shape index (κ1) is 13.3. The summed E-state index contributed by atoms with van der Waals surface area (Å²) >= 11 is 0. The van der Waals surface area contributed by atoms with Crippen LogP contribution in [0.3, 0.4) is 0 Å². The minimum atomic E-state index is -3.52. The maximum Gasteiger partial charge on any atom is 0.246 e. The van der Waals surface area contributed by atoms with E-state index < -0.39 is 10.0 Å². The lowest BCUT2D eigenvalue weighted by Crippen LogP contribution is -2.31. The van der Waals surface area contributed by atoms with E-state index in [4.69, 9.17) is 5.84 Å². The van der Waals surface area contributed by atoms with Crippen LogP contribution in [0.15, 0.2) is 23.2 Å². The number of sulfonamides is 1. The normalized spacial score (nSPS) is 19.9. The van der Waals surface area contributed by atoms with E-state index in [2.05, 4.69) is 24.3 Å². The number of hydrogen-bond donors (Lipinski definition) is 2. The molecule has 7 heteroatoms. The summed E-state index contributed by atoms with van der Waals surface area (Å²) in [4.78, 5) is 4.06. The Labute approximate surface area is 107 Å². The van der Waals surface area contributed by atoms with Crippen molar-refractivity contribution in [2.75, 3.05) is 18.5 Å². The van der Waals surface area contributed by atoms with E-state index in [0.717, 1.165) is 6.42 Å². The number of pyridine rings is 1. The molecular formula is C11H18N4O2S. The van der Waals surface area contributed by atoms with Gasteiger partial charge in [0.15, 0.2) is 5.82 Å². The van der Waals surface area contributed by atoms with Crippen molar-refractivity contribution < 1.29 is 8.42 Å². The Morgan fingerprint density at radius 1 is 1.50 bits per heavy atom. The van der Waals surface area contributed by atoms with Crippen molar-refractivity contribution in [1.29, 1.82) is 0 Å². The number of rotatable bonds is 3. The zero-order chi connectivity index (χ0) is 13.4. The number of anilines is 1. The molecule has 1 aliphatic heterocycles. The maximum absolute atomic E-state index is 12.5. The highest BCUT2D eigenvalue weighted by Crippen LogP contribution is 2.33. The van der Waals surface area contributed by atoms with E-state index in [1.807, 2.05) is 0 Å². The SMILES string of the molecule is CC1(C)CCN(S(=O)(=O)c2cccnc2NN)C1. The van der Waals surface area contributed by atoms with Crippen molar-refractivity contribution in [3.63, 3.8) is 0 Å². The van der Waals surface area contributed by atoms with Gasteiger partial charge in [0, 0.05) is 19.3 Å². The molecule has 0 spiro atoms. The van der Waals surface area contributed by atoms with E-state index in [0.29, 0.717) is 13.1 Å². The molecule has 2 rings (SSSR count). The summed E-state index contributed by atoms with van der Waals surface area (Å²) < 4.78 is 26.5. The highest BCUT2D eigenvalue weighted by atomic mass is 32.2. The summed E-state index contributed by atoms with van der Waals surface area (Å²) in [5, 5.41) is 0. The Morgan fingerprint density at radius 3 is 2.78 bits per heavy atom. The molecule has 0 aromatic carbocycles. The second-order valence-electron chi connectivity index (χ2n) is 5.25. The van der Waals surface area contributed by atoms with Crippen molar-refractivity contribution >= 4 is 15.8 Å². The Hall–Kier alpha value is -1.18. The summed E-state index contributed by atoms with van der Waals surface area (Å²) in [5.41, 5.74) is 2.35. The highest BCUT2D eigenvalue weighted by molar-refractivity contribution is 7.89. The molecule has 0 saturated carbocycles. The molecule has 0 aliphatic carbocycles. The Bertz CT molecular complexity index is 542. The molecule has 6 nitrogen and oxygen atoms in total. The third-order valence-corrected chi connectivity index (χ3v) is 5.04. The number of nitrogens with zero attached hydrogens (tertiary/aromatic N) is 2. The first-order chi connectivity index (χ1) is 8.37. The lowest BCUT2D eigenvalue weighted by Gasteiger charge is -2.20. The number of aromatic nitrogens is 1. The van der Waals surface area contributed by atoms with Gasteiger partial charge < -0.3 is 5.43 Å². The first-order valence-corrected chi connectivity index (χ1v) is 7.23. The van der Waals surface area contributed by atoms with Crippen molar-refractivity contribution in [2.24, 2.45) is 11.3 Å². The van der Waals surface area contributed by atoms with E-state index in [1.54, 1.807) is 6.07 Å². The molecule has 0 unspecified atom stereocenters. The Morgan fingerprint density at radius 2 is 2.22 bits per heavy atom. The van der Waals surface area contributed by atoms with Gasteiger partial charge in [-0.1, -0.05) is 13.8 Å². The van der Waals surface area contributed by atoms with Gasteiger partial charge in [-0.05, 0) is 24.0 Å². The van der Waals surface area contributed by atoms with Crippen LogP contribution in [-0.2, 0) is 10.0 Å². The number of nitrogens with two attached hydrogens (primary N) is 1. The smallest absolute Gasteiger partial charge is 0.246 e. The van der Waals surface area contributed by atoms with Gasteiger partial charge in [-0.25, -0.2) is 19.2 Å². The van der Waals surface area contributed by atoms with Gasteiger partial charge in [-0.3, -0.25) is 0 Å². The zero-order valence-corrected chi connectivity index (χ0v) is 11.4. The molecule has 3 N–H and O–H groups in total. The number of nitrogens with one attached hydrogen (secondary N) is 1. The topological polar surface area (TPSA) is 88.3 Å². The standard InChI is InChI=1S/C11H18N4O2S/c1-11(2)5-7-15(8-11)18(16,17)9-4-3-6-13-10(9)14-12/h3-4,6H,5,7-8,12H2,1-2H3,(H,13,14). The monoisotopic (exact) mass is 270 g/mol. The van der Waals surface area contributed by atoms with E-state index in [-0.39, 0.29) is 16.1 Å². The summed E-state index contributed by atoms with van der Waals surface area (Å²) in [7, 11) is -3.52. The average molecular weight is 270 g/mol. The maximum atomic E-state index is 12.5. The van der Waals surface area contributed by atoms with Crippen LogP contribution in [0.25, 0.3) is 0 Å². The van der Waals surface area contributed by atoms with Crippen LogP contribution in [0.5, 0.6) is 0 Å². The highest BCUT2D eigenvalue weighted by Gasteiger charge is 2.37.